The Labute approximate surface area is 296 Å². The summed E-state index contributed by atoms with van der Waals surface area (Å²) >= 11 is 0. The maximum absolute atomic E-state index is 13.5. The molecule has 4 rings (SSSR count). The van der Waals surface area contributed by atoms with E-state index in [-0.39, 0.29) is 37.4 Å². The molecule has 2 fully saturated rings. The van der Waals surface area contributed by atoms with E-state index in [1.165, 1.54) is 12.1 Å². The van der Waals surface area contributed by atoms with Gasteiger partial charge < -0.3 is 9.47 Å². The number of rotatable bonds is 17. The molecule has 2 aromatic rings. The molecule has 2 unspecified atom stereocenters. The first-order chi connectivity index (χ1) is 24.8. The highest BCUT2D eigenvalue weighted by Crippen LogP contribution is 2.45. The second kappa shape index (κ2) is 16.8. The van der Waals surface area contributed by atoms with E-state index in [9.17, 15) is 50.0 Å². The Kier molecular flexibility index (Phi) is 12.5. The number of esters is 2. The third-order valence-corrected chi connectivity index (χ3v) is 9.33. The summed E-state index contributed by atoms with van der Waals surface area (Å²) in [4.78, 5) is 69.6. The predicted octanol–water partition coefficient (Wildman–Crippen LogP) is 6.58. The molecule has 0 aromatic heterocycles. The second-order valence-corrected chi connectivity index (χ2v) is 12.3. The second-order valence-electron chi connectivity index (χ2n) is 12.3. The molecule has 2 aromatic carbocycles. The summed E-state index contributed by atoms with van der Waals surface area (Å²) in [5.41, 5.74) is 1.52. The molecule has 52 heavy (non-hydrogen) atoms. The lowest BCUT2D eigenvalue weighted by Gasteiger charge is -2.30. The molecule has 2 saturated carbocycles. The molecule has 2 N–H and O–H groups in total. The number of hydrogen-bond donors (Lipinski definition) is 2. The van der Waals surface area contributed by atoms with Gasteiger partial charge in [0.2, 0.25) is 0 Å². The summed E-state index contributed by atoms with van der Waals surface area (Å²) in [5.74, 6) is -1.02. The van der Waals surface area contributed by atoms with Gasteiger partial charge in [-0.1, -0.05) is 12.8 Å². The number of carbonyl (C=O) groups is 2. The highest BCUT2D eigenvalue weighted by Gasteiger charge is 2.50. The maximum Gasteiger partial charge on any atom is 0.317 e. The van der Waals surface area contributed by atoms with E-state index in [1.807, 2.05) is 0 Å². The Morgan fingerprint density at radius 3 is 1.38 bits per heavy atom. The third-order valence-electron chi connectivity index (χ3n) is 9.33. The first-order valence-electron chi connectivity index (χ1n) is 16.7. The van der Waals surface area contributed by atoms with E-state index >= 15 is 0 Å². The van der Waals surface area contributed by atoms with Gasteiger partial charge in [-0.3, -0.25) is 60.9 Å². The van der Waals surface area contributed by atoms with Crippen LogP contribution in [0.25, 0.3) is 0 Å². The van der Waals surface area contributed by atoms with Crippen LogP contribution in [0.2, 0.25) is 0 Å². The van der Waals surface area contributed by atoms with Crippen LogP contribution in [0, 0.1) is 51.3 Å². The van der Waals surface area contributed by atoms with Crippen molar-refractivity contribution in [1.82, 2.24) is 0 Å². The minimum Gasteiger partial charge on any atom is -0.465 e. The molecule has 0 saturated heterocycles. The number of ether oxygens (including phenoxy) is 2. The van der Waals surface area contributed by atoms with Gasteiger partial charge in [0, 0.05) is 12.1 Å². The smallest absolute Gasteiger partial charge is 0.317 e. The Balaban J connectivity index is 1.57. The maximum atomic E-state index is 13.5. The molecule has 0 heterocycles. The van der Waals surface area contributed by atoms with Crippen molar-refractivity contribution in [1.29, 1.82) is 0 Å². The number of non-ortho nitro benzene ring substituents is 2. The summed E-state index contributed by atoms with van der Waals surface area (Å²) in [6.07, 6.45) is 4.09. The fourth-order valence-corrected chi connectivity index (χ4v) is 6.80. The zero-order valence-corrected chi connectivity index (χ0v) is 28.5. The molecule has 0 radical (unpaired) electrons. The number of carbonyl (C=O) groups excluding carboxylic acids is 2. The van der Waals surface area contributed by atoms with Crippen molar-refractivity contribution >= 4 is 57.5 Å². The number of benzene rings is 2. The molecule has 0 aliphatic heterocycles. The standard InChI is InChI=1S/C32H38N8O12/c1-3-51-29(41)31(17-7-9-27(31)35-33-23-13-11-21(37(43)44)19-25(23)39(47)48)15-5-6-16-32(30(42)52-4-2)18-8-10-28(32)36-34-24-14-12-22(38(45)46)20-26(24)40(49)50/h11-14,19-20,33-34H,3-10,15-18H2,1-2H3/b35-27+,36-28+. The van der Waals surface area contributed by atoms with Crippen LogP contribution in [0.3, 0.4) is 0 Å². The van der Waals surface area contributed by atoms with Crippen LogP contribution in [0.4, 0.5) is 34.1 Å². The predicted molar refractivity (Wildman–Crippen MR) is 186 cm³/mol. The summed E-state index contributed by atoms with van der Waals surface area (Å²) in [7, 11) is 0. The molecule has 0 spiro atoms. The summed E-state index contributed by atoms with van der Waals surface area (Å²) < 4.78 is 10.9. The highest BCUT2D eigenvalue weighted by molar-refractivity contribution is 6.09. The highest BCUT2D eigenvalue weighted by atomic mass is 16.6. The number of unbranched alkanes of at least 4 members (excludes halogenated alkanes) is 1. The van der Waals surface area contributed by atoms with Crippen molar-refractivity contribution in [2.75, 3.05) is 24.1 Å². The van der Waals surface area contributed by atoms with Crippen molar-refractivity contribution in [2.45, 2.75) is 78.1 Å². The molecule has 278 valence electrons. The van der Waals surface area contributed by atoms with Crippen LogP contribution in [-0.4, -0.2) is 56.3 Å². The van der Waals surface area contributed by atoms with Crippen LogP contribution in [-0.2, 0) is 19.1 Å². The Bertz CT molecular complexity index is 1690. The number of hydrazone groups is 2. The zero-order chi connectivity index (χ0) is 38.1. The van der Waals surface area contributed by atoms with E-state index in [2.05, 4.69) is 21.1 Å². The first-order valence-corrected chi connectivity index (χ1v) is 16.7. The van der Waals surface area contributed by atoms with E-state index in [4.69, 9.17) is 9.47 Å². The van der Waals surface area contributed by atoms with E-state index < -0.39 is 65.2 Å². The quantitative estimate of drug-likeness (QED) is 0.0754. The van der Waals surface area contributed by atoms with Crippen molar-refractivity contribution in [3.05, 3.63) is 76.9 Å². The Hall–Kier alpha value is -6.08. The van der Waals surface area contributed by atoms with Gasteiger partial charge in [0.25, 0.3) is 11.4 Å². The van der Waals surface area contributed by atoms with Gasteiger partial charge in [-0.2, -0.15) is 10.2 Å². The van der Waals surface area contributed by atoms with Gasteiger partial charge in [-0.05, 0) is 77.3 Å². The minimum atomic E-state index is -1.17. The van der Waals surface area contributed by atoms with E-state index in [1.54, 1.807) is 13.8 Å². The molecule has 2 aliphatic rings. The molecular weight excluding hydrogens is 688 g/mol. The van der Waals surface area contributed by atoms with Crippen molar-refractivity contribution in [3.8, 4) is 0 Å². The van der Waals surface area contributed by atoms with Gasteiger partial charge in [-0.25, -0.2) is 0 Å². The van der Waals surface area contributed by atoms with Gasteiger partial charge in [-0.15, -0.1) is 0 Å². The third kappa shape index (κ3) is 8.27. The summed E-state index contributed by atoms with van der Waals surface area (Å²) in [6, 6.07) is 6.19. The van der Waals surface area contributed by atoms with Crippen LogP contribution < -0.4 is 10.9 Å². The average molecular weight is 727 g/mol. The van der Waals surface area contributed by atoms with Crippen LogP contribution in [0.15, 0.2) is 46.6 Å². The number of nitrogens with one attached hydrogen (secondary N) is 2. The number of nitro groups is 4. The molecular formula is C32H38N8O12. The largest absolute Gasteiger partial charge is 0.465 e. The monoisotopic (exact) mass is 726 g/mol. The number of nitro benzene ring substituents is 4. The molecule has 0 bridgehead atoms. The van der Waals surface area contributed by atoms with Gasteiger partial charge in [0.1, 0.15) is 22.2 Å². The van der Waals surface area contributed by atoms with Crippen molar-refractivity contribution in [2.24, 2.45) is 21.0 Å². The van der Waals surface area contributed by atoms with Crippen molar-refractivity contribution in [3.63, 3.8) is 0 Å². The molecule has 2 aliphatic carbocycles. The lowest BCUT2D eigenvalue weighted by atomic mass is 9.76. The SMILES string of the molecule is CCOC(=O)C1(CCCCC2(C(=O)OCC)CCC/C2=N\Nc2ccc([N+](=O)[O-])cc2[N+](=O)[O-])CCC/C1=N\Nc1ccc([N+](=O)[O-])cc1[N+](=O)[O-]. The minimum absolute atomic E-state index is 0.0927. The number of anilines is 2. The molecule has 20 nitrogen and oxygen atoms in total. The Morgan fingerprint density at radius 2 is 1.06 bits per heavy atom. The van der Waals surface area contributed by atoms with Gasteiger partial charge in [0.05, 0.1) is 56.5 Å². The number of hydrogen-bond acceptors (Lipinski definition) is 16. The molecule has 0 amide bonds. The normalized spacial score (nSPS) is 21.1. The first kappa shape index (κ1) is 38.7. The fourth-order valence-electron chi connectivity index (χ4n) is 6.80. The summed E-state index contributed by atoms with van der Waals surface area (Å²) in [5, 5.41) is 54.4. The zero-order valence-electron chi connectivity index (χ0n) is 28.5. The molecule has 2 atom stereocenters. The van der Waals surface area contributed by atoms with Crippen LogP contribution in [0.1, 0.15) is 78.1 Å². The Morgan fingerprint density at radius 1 is 0.673 bits per heavy atom. The topological polar surface area (TPSA) is 274 Å². The molecule has 20 heteroatoms. The average Bonchev–Trinajstić information content (AvgIpc) is 3.73. The number of nitrogens with zero attached hydrogens (tertiary/aromatic N) is 6. The fraction of sp³-hybridized carbons (Fsp3) is 0.500. The van der Waals surface area contributed by atoms with Crippen LogP contribution in [0.5, 0.6) is 0 Å². The van der Waals surface area contributed by atoms with Gasteiger partial charge in [0.15, 0.2) is 0 Å². The van der Waals surface area contributed by atoms with Gasteiger partial charge >= 0.3 is 23.3 Å². The lowest BCUT2D eigenvalue weighted by Crippen LogP contribution is -2.39. The van der Waals surface area contributed by atoms with Crippen LogP contribution >= 0.6 is 0 Å². The van der Waals surface area contributed by atoms with E-state index in [0.717, 1.165) is 24.3 Å². The van der Waals surface area contributed by atoms with E-state index in [0.29, 0.717) is 62.8 Å². The lowest BCUT2D eigenvalue weighted by molar-refractivity contribution is -0.393. The van der Waals surface area contributed by atoms with Crippen molar-refractivity contribution < 1.29 is 38.8 Å². The summed E-state index contributed by atoms with van der Waals surface area (Å²) in [6.45, 7) is 3.53.